The molecule has 1 atom stereocenters. The van der Waals surface area contributed by atoms with Crippen molar-refractivity contribution in [3.63, 3.8) is 0 Å². The van der Waals surface area contributed by atoms with Crippen molar-refractivity contribution in [2.24, 2.45) is 0 Å². The molecule has 0 aliphatic carbocycles. The largest absolute Gasteiger partial charge is 0.496 e. The van der Waals surface area contributed by atoms with Gasteiger partial charge in [0.15, 0.2) is 0 Å². The first-order chi connectivity index (χ1) is 10.8. The molecule has 23 heavy (non-hydrogen) atoms. The third-order valence-electron chi connectivity index (χ3n) is 3.80. The maximum Gasteiger partial charge on any atom is 0.220 e. The molecule has 0 fully saturated rings. The molecule has 5 nitrogen and oxygen atoms in total. The SMILES string of the molecule is COc1nc2c(OC)cccc2c(OC)c1CC(O)C(C)(C)Br. The van der Waals surface area contributed by atoms with Crippen molar-refractivity contribution < 1.29 is 19.3 Å². The number of alkyl halides is 1. The summed E-state index contributed by atoms with van der Waals surface area (Å²) in [5.74, 6) is 1.71. The van der Waals surface area contributed by atoms with Crippen LogP contribution in [0.1, 0.15) is 19.4 Å². The molecule has 6 heteroatoms. The number of methoxy groups -OCH3 is 3. The van der Waals surface area contributed by atoms with E-state index in [0.717, 1.165) is 10.9 Å². The van der Waals surface area contributed by atoms with Crippen LogP contribution in [0.25, 0.3) is 10.9 Å². The summed E-state index contributed by atoms with van der Waals surface area (Å²) in [6, 6.07) is 5.63. The Hall–Kier alpha value is -1.53. The summed E-state index contributed by atoms with van der Waals surface area (Å²) in [6.45, 7) is 3.82. The van der Waals surface area contributed by atoms with Gasteiger partial charge in [-0.2, -0.15) is 0 Å². The fourth-order valence-corrected chi connectivity index (χ4v) is 2.59. The molecule has 1 heterocycles. The smallest absolute Gasteiger partial charge is 0.220 e. The number of aromatic nitrogens is 1. The van der Waals surface area contributed by atoms with Crippen LogP contribution in [0.3, 0.4) is 0 Å². The van der Waals surface area contributed by atoms with Gasteiger partial charge in [0.1, 0.15) is 17.0 Å². The number of para-hydroxylation sites is 1. The van der Waals surface area contributed by atoms with Crippen LogP contribution < -0.4 is 14.2 Å². The lowest BCUT2D eigenvalue weighted by atomic mass is 9.97. The van der Waals surface area contributed by atoms with E-state index in [1.54, 1.807) is 21.3 Å². The predicted molar refractivity (Wildman–Crippen MR) is 94.1 cm³/mol. The van der Waals surface area contributed by atoms with Gasteiger partial charge in [-0.3, -0.25) is 0 Å². The summed E-state index contributed by atoms with van der Waals surface area (Å²) in [4.78, 5) is 4.55. The van der Waals surface area contributed by atoms with Gasteiger partial charge >= 0.3 is 0 Å². The lowest BCUT2D eigenvalue weighted by Gasteiger charge is -2.25. The van der Waals surface area contributed by atoms with E-state index < -0.39 is 10.4 Å². The molecular formula is C17H22BrNO4. The Labute approximate surface area is 144 Å². The highest BCUT2D eigenvalue weighted by molar-refractivity contribution is 9.10. The molecule has 0 saturated carbocycles. The van der Waals surface area contributed by atoms with Crippen molar-refractivity contribution in [2.45, 2.75) is 30.7 Å². The van der Waals surface area contributed by atoms with E-state index in [1.807, 2.05) is 32.0 Å². The Morgan fingerprint density at radius 1 is 1.17 bits per heavy atom. The molecule has 2 aromatic rings. The Balaban J connectivity index is 2.68. The number of rotatable bonds is 6. The average Bonchev–Trinajstić information content (AvgIpc) is 2.52. The van der Waals surface area contributed by atoms with Gasteiger partial charge in [-0.15, -0.1) is 0 Å². The minimum Gasteiger partial charge on any atom is -0.496 e. The molecule has 126 valence electrons. The minimum absolute atomic E-state index is 0.352. The monoisotopic (exact) mass is 383 g/mol. The molecule has 1 unspecified atom stereocenters. The first-order valence-electron chi connectivity index (χ1n) is 7.28. The molecule has 0 saturated heterocycles. The molecule has 0 bridgehead atoms. The number of pyridine rings is 1. The van der Waals surface area contributed by atoms with Gasteiger partial charge < -0.3 is 19.3 Å². The molecule has 0 amide bonds. The van der Waals surface area contributed by atoms with Crippen LogP contribution in [0, 0.1) is 0 Å². The van der Waals surface area contributed by atoms with Crippen molar-refractivity contribution in [1.82, 2.24) is 4.98 Å². The molecule has 2 rings (SSSR count). The van der Waals surface area contributed by atoms with Gasteiger partial charge in [0.05, 0.1) is 33.0 Å². The van der Waals surface area contributed by atoms with E-state index in [0.29, 0.717) is 29.3 Å². The fraction of sp³-hybridized carbons (Fsp3) is 0.471. The van der Waals surface area contributed by atoms with Gasteiger partial charge in [-0.25, -0.2) is 4.98 Å². The van der Waals surface area contributed by atoms with Crippen LogP contribution in [-0.2, 0) is 6.42 Å². The summed E-state index contributed by atoms with van der Waals surface area (Å²) < 4.78 is 16.0. The van der Waals surface area contributed by atoms with Crippen LogP contribution >= 0.6 is 15.9 Å². The minimum atomic E-state index is -0.629. The second-order valence-corrected chi connectivity index (χ2v) is 7.82. The number of benzene rings is 1. The Morgan fingerprint density at radius 2 is 1.87 bits per heavy atom. The van der Waals surface area contributed by atoms with Crippen LogP contribution in [0.4, 0.5) is 0 Å². The van der Waals surface area contributed by atoms with Gasteiger partial charge in [0.25, 0.3) is 0 Å². The zero-order chi connectivity index (χ0) is 17.2. The Kier molecular flexibility index (Phi) is 5.37. The van der Waals surface area contributed by atoms with Crippen molar-refractivity contribution in [3.05, 3.63) is 23.8 Å². The standard InChI is InChI=1S/C17H22BrNO4/c1-17(2,18)13(20)9-11-15(22-4)10-7-6-8-12(21-3)14(10)19-16(11)23-5/h6-8,13,20H,9H2,1-5H3. The van der Waals surface area contributed by atoms with Crippen LogP contribution in [0.5, 0.6) is 17.4 Å². The first kappa shape index (κ1) is 17.8. The summed E-state index contributed by atoms with van der Waals surface area (Å²) >= 11 is 3.49. The second-order valence-electron chi connectivity index (χ2n) is 5.77. The Morgan fingerprint density at radius 3 is 2.39 bits per heavy atom. The number of nitrogens with zero attached hydrogens (tertiary/aromatic N) is 1. The quantitative estimate of drug-likeness (QED) is 0.775. The van der Waals surface area contributed by atoms with E-state index in [1.165, 1.54) is 0 Å². The van der Waals surface area contributed by atoms with E-state index in [-0.39, 0.29) is 0 Å². The van der Waals surface area contributed by atoms with Gasteiger partial charge in [0, 0.05) is 16.1 Å². The summed E-state index contributed by atoms with van der Waals surface area (Å²) in [6.07, 6.45) is -0.278. The van der Waals surface area contributed by atoms with E-state index >= 15 is 0 Å². The molecule has 1 N–H and O–H groups in total. The average molecular weight is 384 g/mol. The third-order valence-corrected chi connectivity index (χ3v) is 4.32. The first-order valence-corrected chi connectivity index (χ1v) is 8.07. The van der Waals surface area contributed by atoms with E-state index in [9.17, 15) is 5.11 Å². The van der Waals surface area contributed by atoms with Crippen molar-refractivity contribution >= 4 is 26.8 Å². The topological polar surface area (TPSA) is 60.8 Å². The molecule has 1 aromatic carbocycles. The van der Waals surface area contributed by atoms with Gasteiger partial charge in [0.2, 0.25) is 5.88 Å². The number of aliphatic hydroxyl groups excluding tert-OH is 1. The normalized spacial score (nSPS) is 13.0. The van der Waals surface area contributed by atoms with Crippen molar-refractivity contribution in [1.29, 1.82) is 0 Å². The van der Waals surface area contributed by atoms with E-state index in [2.05, 4.69) is 20.9 Å². The zero-order valence-electron chi connectivity index (χ0n) is 14.0. The summed E-state index contributed by atoms with van der Waals surface area (Å²) in [7, 11) is 4.75. The maximum atomic E-state index is 10.4. The lowest BCUT2D eigenvalue weighted by Crippen LogP contribution is -2.31. The highest BCUT2D eigenvalue weighted by Gasteiger charge is 2.28. The van der Waals surface area contributed by atoms with Gasteiger partial charge in [-0.05, 0) is 26.0 Å². The molecule has 1 aromatic heterocycles. The summed E-state index contributed by atoms with van der Waals surface area (Å²) in [5, 5.41) is 11.3. The number of ether oxygens (including phenoxy) is 3. The number of hydrogen-bond acceptors (Lipinski definition) is 5. The molecule has 0 aliphatic rings. The predicted octanol–water partition coefficient (Wildman–Crippen LogP) is 3.34. The van der Waals surface area contributed by atoms with Crippen molar-refractivity contribution in [3.8, 4) is 17.4 Å². The fourth-order valence-electron chi connectivity index (χ4n) is 2.43. The molecule has 0 spiro atoms. The number of aliphatic hydroxyl groups is 1. The number of halogens is 1. The van der Waals surface area contributed by atoms with Crippen LogP contribution in [-0.4, -0.2) is 41.8 Å². The van der Waals surface area contributed by atoms with Crippen LogP contribution in [0.2, 0.25) is 0 Å². The zero-order valence-corrected chi connectivity index (χ0v) is 15.6. The van der Waals surface area contributed by atoms with Gasteiger partial charge in [-0.1, -0.05) is 22.0 Å². The highest BCUT2D eigenvalue weighted by atomic mass is 79.9. The summed E-state index contributed by atoms with van der Waals surface area (Å²) in [5.41, 5.74) is 1.40. The second kappa shape index (κ2) is 6.93. The third kappa shape index (κ3) is 3.53. The number of fused-ring (bicyclic) bond motifs is 1. The van der Waals surface area contributed by atoms with E-state index in [4.69, 9.17) is 14.2 Å². The molecule has 0 radical (unpaired) electrons. The van der Waals surface area contributed by atoms with Crippen LogP contribution in [0.15, 0.2) is 18.2 Å². The highest BCUT2D eigenvalue weighted by Crippen LogP contribution is 2.39. The Bertz CT molecular complexity index is 697. The number of hydrogen-bond donors (Lipinski definition) is 1. The molecular weight excluding hydrogens is 362 g/mol. The van der Waals surface area contributed by atoms with Crippen molar-refractivity contribution in [2.75, 3.05) is 21.3 Å². The lowest BCUT2D eigenvalue weighted by molar-refractivity contribution is 0.143. The maximum absolute atomic E-state index is 10.4. The molecule has 0 aliphatic heterocycles.